The monoisotopic (exact) mass is 391 g/mol. The van der Waals surface area contributed by atoms with Crippen molar-refractivity contribution in [1.29, 1.82) is 0 Å². The minimum atomic E-state index is -0.406. The van der Waals surface area contributed by atoms with Gasteiger partial charge in [-0.25, -0.2) is 19.7 Å². The third kappa shape index (κ3) is 4.46. The molecule has 0 aliphatic carbocycles. The Balaban J connectivity index is 1.43. The van der Waals surface area contributed by atoms with Crippen LogP contribution in [0.3, 0.4) is 0 Å². The number of nitrogens with one attached hydrogen (secondary N) is 2. The van der Waals surface area contributed by atoms with Crippen LogP contribution in [0.5, 0.6) is 0 Å². The van der Waals surface area contributed by atoms with Crippen LogP contribution in [-0.4, -0.2) is 50.3 Å². The summed E-state index contributed by atoms with van der Waals surface area (Å²) < 4.78 is 0. The van der Waals surface area contributed by atoms with E-state index in [4.69, 9.17) is 0 Å². The lowest BCUT2D eigenvalue weighted by atomic mass is 10.1. The Morgan fingerprint density at radius 2 is 2.03 bits per heavy atom. The number of aromatic nitrogens is 4. The number of aliphatic hydroxyl groups is 1. The summed E-state index contributed by atoms with van der Waals surface area (Å²) in [5, 5.41) is 15.0. The van der Waals surface area contributed by atoms with Gasteiger partial charge in [-0.15, -0.1) is 0 Å². The second kappa shape index (κ2) is 8.61. The van der Waals surface area contributed by atoms with Crippen LogP contribution in [0.4, 0.5) is 22.2 Å². The number of hydrogen-bond donors (Lipinski definition) is 3. The van der Waals surface area contributed by atoms with Crippen LogP contribution in [0.15, 0.2) is 55.2 Å². The molecule has 4 rings (SSSR count). The predicted molar refractivity (Wildman–Crippen MR) is 110 cm³/mol. The Morgan fingerprint density at radius 3 is 2.86 bits per heavy atom. The second-order valence-electron chi connectivity index (χ2n) is 6.70. The number of carbonyl (C=O) groups excluding carboxylic acids is 1. The average Bonchev–Trinajstić information content (AvgIpc) is 3.24. The SMILES string of the molecule is O=C(Nc1cccc(-c2cncnc2)c1)Nc1ccnc(N2CCC[C@H]2CO)n1. The normalized spacial score (nSPS) is 15.9. The molecular formula is C20H21N7O2. The van der Waals surface area contributed by atoms with Crippen molar-refractivity contribution in [2.45, 2.75) is 18.9 Å². The van der Waals surface area contributed by atoms with Gasteiger partial charge in [0.1, 0.15) is 12.1 Å². The molecule has 3 N–H and O–H groups in total. The standard InChI is InChI=1S/C20H21N7O2/c28-12-17-5-2-8-27(17)19-23-7-6-18(25-19)26-20(29)24-16-4-1-3-14(9-16)15-10-21-13-22-11-15/h1,3-4,6-7,9-11,13,17,28H,2,5,8,12H2,(H2,23,24,25,26,29)/t17-/m0/s1. The van der Waals surface area contributed by atoms with E-state index in [0.717, 1.165) is 30.5 Å². The third-order valence-corrected chi connectivity index (χ3v) is 4.74. The number of hydrogen-bond acceptors (Lipinski definition) is 7. The molecule has 2 aromatic heterocycles. The lowest BCUT2D eigenvalue weighted by molar-refractivity contribution is 0.262. The fourth-order valence-corrected chi connectivity index (χ4v) is 3.35. The maximum Gasteiger partial charge on any atom is 0.324 e. The molecule has 29 heavy (non-hydrogen) atoms. The largest absolute Gasteiger partial charge is 0.394 e. The summed E-state index contributed by atoms with van der Waals surface area (Å²) in [6.07, 6.45) is 8.39. The molecule has 0 radical (unpaired) electrons. The van der Waals surface area contributed by atoms with Crippen molar-refractivity contribution in [2.75, 3.05) is 28.7 Å². The van der Waals surface area contributed by atoms with E-state index < -0.39 is 6.03 Å². The first-order valence-corrected chi connectivity index (χ1v) is 9.37. The molecule has 3 heterocycles. The number of benzene rings is 1. The molecule has 0 bridgehead atoms. The zero-order valence-electron chi connectivity index (χ0n) is 15.7. The van der Waals surface area contributed by atoms with E-state index in [9.17, 15) is 9.90 Å². The highest BCUT2D eigenvalue weighted by Gasteiger charge is 2.26. The minimum Gasteiger partial charge on any atom is -0.394 e. The van der Waals surface area contributed by atoms with Crippen LogP contribution in [0.1, 0.15) is 12.8 Å². The molecule has 0 spiro atoms. The number of rotatable bonds is 5. The van der Waals surface area contributed by atoms with E-state index >= 15 is 0 Å². The smallest absolute Gasteiger partial charge is 0.324 e. The predicted octanol–water partition coefficient (Wildman–Crippen LogP) is 2.54. The van der Waals surface area contributed by atoms with E-state index in [0.29, 0.717) is 17.5 Å². The zero-order valence-corrected chi connectivity index (χ0v) is 15.7. The van der Waals surface area contributed by atoms with Gasteiger partial charge in [0.2, 0.25) is 5.95 Å². The van der Waals surface area contributed by atoms with Gasteiger partial charge >= 0.3 is 6.03 Å². The van der Waals surface area contributed by atoms with E-state index in [1.165, 1.54) is 6.33 Å². The minimum absolute atomic E-state index is 0.0174. The Kier molecular flexibility index (Phi) is 5.57. The van der Waals surface area contributed by atoms with Gasteiger partial charge in [0.25, 0.3) is 0 Å². The molecule has 9 heteroatoms. The van der Waals surface area contributed by atoms with Crippen molar-refractivity contribution in [3.05, 3.63) is 55.2 Å². The van der Waals surface area contributed by atoms with Gasteiger partial charge in [0.05, 0.1) is 12.6 Å². The first kappa shape index (κ1) is 18.8. The van der Waals surface area contributed by atoms with Crippen LogP contribution in [0.25, 0.3) is 11.1 Å². The summed E-state index contributed by atoms with van der Waals surface area (Å²) in [5.41, 5.74) is 2.40. The molecule has 0 unspecified atom stereocenters. The van der Waals surface area contributed by atoms with E-state index in [-0.39, 0.29) is 12.6 Å². The number of nitrogens with zero attached hydrogens (tertiary/aromatic N) is 5. The fourth-order valence-electron chi connectivity index (χ4n) is 3.35. The van der Waals surface area contributed by atoms with Gasteiger partial charge in [-0.05, 0) is 36.6 Å². The van der Waals surface area contributed by atoms with Crippen LogP contribution >= 0.6 is 0 Å². The van der Waals surface area contributed by atoms with Crippen molar-refractivity contribution in [1.82, 2.24) is 19.9 Å². The Bertz CT molecular complexity index is 983. The van der Waals surface area contributed by atoms with Gasteiger partial charge in [0.15, 0.2) is 0 Å². The van der Waals surface area contributed by atoms with E-state index in [2.05, 4.69) is 30.6 Å². The maximum absolute atomic E-state index is 12.4. The van der Waals surface area contributed by atoms with Crippen LogP contribution in [0.2, 0.25) is 0 Å². The molecule has 3 aromatic rings. The van der Waals surface area contributed by atoms with Crippen molar-refractivity contribution in [3.63, 3.8) is 0 Å². The highest BCUT2D eigenvalue weighted by Crippen LogP contribution is 2.23. The van der Waals surface area contributed by atoms with Crippen molar-refractivity contribution in [2.24, 2.45) is 0 Å². The first-order valence-electron chi connectivity index (χ1n) is 9.37. The summed E-state index contributed by atoms with van der Waals surface area (Å²) in [4.78, 5) is 31.1. The second-order valence-corrected chi connectivity index (χ2v) is 6.70. The lowest BCUT2D eigenvalue weighted by Gasteiger charge is -2.23. The van der Waals surface area contributed by atoms with Gasteiger partial charge in [0, 0.05) is 36.4 Å². The first-order chi connectivity index (χ1) is 14.2. The molecule has 0 saturated carbocycles. The Labute approximate surface area is 167 Å². The van der Waals surface area contributed by atoms with Crippen molar-refractivity contribution < 1.29 is 9.90 Å². The molecule has 1 aliphatic rings. The van der Waals surface area contributed by atoms with Crippen molar-refractivity contribution in [3.8, 4) is 11.1 Å². The number of carbonyl (C=O) groups is 1. The zero-order chi connectivity index (χ0) is 20.1. The summed E-state index contributed by atoms with van der Waals surface area (Å²) in [5.74, 6) is 0.897. The topological polar surface area (TPSA) is 116 Å². The quantitative estimate of drug-likeness (QED) is 0.612. The number of aliphatic hydroxyl groups excluding tert-OH is 1. The number of anilines is 3. The molecule has 9 nitrogen and oxygen atoms in total. The van der Waals surface area contributed by atoms with Gasteiger partial charge in [-0.2, -0.15) is 4.98 Å². The molecule has 1 fully saturated rings. The van der Waals surface area contributed by atoms with Crippen LogP contribution < -0.4 is 15.5 Å². The summed E-state index contributed by atoms with van der Waals surface area (Å²) in [7, 11) is 0. The number of urea groups is 1. The van der Waals surface area contributed by atoms with Gasteiger partial charge in [-0.3, -0.25) is 5.32 Å². The molecule has 2 amide bonds. The van der Waals surface area contributed by atoms with Gasteiger partial charge in [-0.1, -0.05) is 12.1 Å². The Morgan fingerprint density at radius 1 is 1.17 bits per heavy atom. The highest BCUT2D eigenvalue weighted by atomic mass is 16.3. The highest BCUT2D eigenvalue weighted by molar-refractivity contribution is 5.99. The molecule has 1 aromatic carbocycles. The third-order valence-electron chi connectivity index (χ3n) is 4.74. The molecule has 1 aliphatic heterocycles. The van der Waals surface area contributed by atoms with Crippen LogP contribution in [-0.2, 0) is 0 Å². The Hall–Kier alpha value is -3.59. The molecule has 148 valence electrons. The fraction of sp³-hybridized carbons (Fsp3) is 0.250. The molecule has 1 saturated heterocycles. The van der Waals surface area contributed by atoms with Gasteiger partial charge < -0.3 is 15.3 Å². The summed E-state index contributed by atoms with van der Waals surface area (Å²) >= 11 is 0. The van der Waals surface area contributed by atoms with Crippen molar-refractivity contribution >= 4 is 23.5 Å². The summed E-state index contributed by atoms with van der Waals surface area (Å²) in [6.45, 7) is 0.848. The average molecular weight is 391 g/mol. The molecular weight excluding hydrogens is 370 g/mol. The van der Waals surface area contributed by atoms with Crippen LogP contribution in [0, 0.1) is 0 Å². The lowest BCUT2D eigenvalue weighted by Crippen LogP contribution is -2.33. The summed E-state index contributed by atoms with van der Waals surface area (Å²) in [6, 6.07) is 8.66. The van der Waals surface area contributed by atoms with E-state index in [1.807, 2.05) is 23.1 Å². The molecule has 1 atom stereocenters. The van der Waals surface area contributed by atoms with E-state index in [1.54, 1.807) is 30.7 Å². The number of amides is 2. The maximum atomic E-state index is 12.4.